The van der Waals surface area contributed by atoms with Gasteiger partial charge in [-0.2, -0.15) is 19.1 Å². The van der Waals surface area contributed by atoms with E-state index in [-0.39, 0.29) is 27.5 Å². The van der Waals surface area contributed by atoms with Gasteiger partial charge in [-0.05, 0) is 70.7 Å². The van der Waals surface area contributed by atoms with E-state index < -0.39 is 34.8 Å². The van der Waals surface area contributed by atoms with Crippen LogP contribution in [-0.2, 0) is 24.1 Å². The van der Waals surface area contributed by atoms with E-state index in [1.165, 1.54) is 41.0 Å². The predicted octanol–water partition coefficient (Wildman–Crippen LogP) is 5.61. The summed E-state index contributed by atoms with van der Waals surface area (Å²) in [5, 5.41) is 14.3. The number of anilines is 2. The lowest BCUT2D eigenvalue weighted by molar-refractivity contribution is -0.274. The summed E-state index contributed by atoms with van der Waals surface area (Å²) >= 11 is -2.49. The van der Waals surface area contributed by atoms with Crippen LogP contribution in [0, 0.1) is 11.3 Å². The summed E-state index contributed by atoms with van der Waals surface area (Å²) < 4.78 is 95.6. The molecule has 0 amide bonds. The lowest BCUT2D eigenvalue weighted by Gasteiger charge is -2.35. The first-order chi connectivity index (χ1) is 19.8. The molecular weight excluding hydrogens is 583 g/mol. The van der Waals surface area contributed by atoms with Crippen LogP contribution in [0.5, 0.6) is 5.75 Å². The Labute approximate surface area is 237 Å². The van der Waals surface area contributed by atoms with Crippen molar-refractivity contribution in [2.45, 2.75) is 17.2 Å². The van der Waals surface area contributed by atoms with Gasteiger partial charge in [-0.1, -0.05) is 18.2 Å². The second-order valence-electron chi connectivity index (χ2n) is 8.95. The molecule has 0 aliphatic carbocycles. The largest absolute Gasteiger partial charge is 0.768 e. The highest BCUT2D eigenvalue weighted by Crippen LogP contribution is 2.48. The Bertz CT molecular complexity index is 1780. The van der Waals surface area contributed by atoms with Crippen LogP contribution in [-0.4, -0.2) is 24.9 Å². The number of halogens is 5. The molecule has 1 aliphatic rings. The van der Waals surface area contributed by atoms with Crippen LogP contribution in [0.2, 0.25) is 0 Å². The van der Waals surface area contributed by atoms with Crippen molar-refractivity contribution in [3.05, 3.63) is 84.2 Å². The molecule has 0 radical (unpaired) electrons. The Morgan fingerprint density at radius 3 is 2.40 bits per heavy atom. The van der Waals surface area contributed by atoms with Crippen LogP contribution >= 0.6 is 0 Å². The monoisotopic (exact) mass is 601 g/mol. The zero-order valence-electron chi connectivity index (χ0n) is 21.3. The number of nitriles is 1. The Kier molecular flexibility index (Phi) is 7.13. The maximum atomic E-state index is 14.7. The number of hydrogen-bond acceptors (Lipinski definition) is 8. The van der Waals surface area contributed by atoms with E-state index in [9.17, 15) is 30.7 Å². The second kappa shape index (κ2) is 10.5. The number of nitrogens with zero attached hydrogens (tertiary/aromatic N) is 4. The van der Waals surface area contributed by atoms with Gasteiger partial charge in [0.15, 0.2) is 5.69 Å². The first kappa shape index (κ1) is 28.6. The molecule has 0 bridgehead atoms. The lowest BCUT2D eigenvalue weighted by Crippen LogP contribution is -2.33. The fraction of sp³-hybridized carbons (Fsp3) is 0.111. The number of alkyl halides is 5. The molecule has 1 aliphatic heterocycles. The maximum absolute atomic E-state index is 14.7. The second-order valence-corrected chi connectivity index (χ2v) is 9.89. The standard InChI is InChI=1S/C27H19F5N6O3S/c1-37-24-20-10-7-17(16-3-2-4-19(11-16)42(39)40)12-21(20)38(35-23(24)25(36-37)26(28,29)14-34)22(13-33)15-5-8-18(9-6-15)41-27(30,31)32/h2-13,35H,33H2,1H3,(H,39,40)/p-1/b22-13-. The number of aryl methyl sites for hydroxylation is 1. The van der Waals surface area contributed by atoms with E-state index in [1.807, 2.05) is 0 Å². The molecule has 1 aromatic heterocycles. The molecule has 0 saturated carbocycles. The van der Waals surface area contributed by atoms with Gasteiger partial charge in [-0.25, -0.2) is 0 Å². The van der Waals surface area contributed by atoms with Gasteiger partial charge in [-0.15, -0.1) is 13.2 Å². The van der Waals surface area contributed by atoms with E-state index in [4.69, 9.17) is 11.0 Å². The van der Waals surface area contributed by atoms with E-state index in [2.05, 4.69) is 15.3 Å². The SMILES string of the molecule is Cn1nc(C(F)(F)C#N)c2c1-c1ccc(-c3cccc(S(=O)[O-])c3)cc1N(/C(=C\N)c1ccc(OC(F)(F)F)cc1)N2. The molecule has 2 heterocycles. The summed E-state index contributed by atoms with van der Waals surface area (Å²) in [6, 6.07) is 16.7. The van der Waals surface area contributed by atoms with Crippen molar-refractivity contribution in [2.75, 3.05) is 10.4 Å². The molecule has 4 aromatic rings. The maximum Gasteiger partial charge on any atom is 0.573 e. The highest BCUT2D eigenvalue weighted by Gasteiger charge is 2.42. The number of rotatable bonds is 6. The van der Waals surface area contributed by atoms with Crippen LogP contribution in [0.1, 0.15) is 11.3 Å². The van der Waals surface area contributed by atoms with Crippen LogP contribution < -0.4 is 20.9 Å². The first-order valence-electron chi connectivity index (χ1n) is 11.9. The van der Waals surface area contributed by atoms with Crippen LogP contribution in [0.25, 0.3) is 28.1 Å². The molecule has 0 saturated heterocycles. The molecular formula is C27H18F5N6O3S-. The van der Waals surface area contributed by atoms with Crippen molar-refractivity contribution in [3.63, 3.8) is 0 Å². The van der Waals surface area contributed by atoms with Crippen molar-refractivity contribution in [3.8, 4) is 34.2 Å². The Morgan fingerprint density at radius 1 is 1.10 bits per heavy atom. The highest BCUT2D eigenvalue weighted by molar-refractivity contribution is 7.79. The fourth-order valence-corrected chi connectivity index (χ4v) is 4.99. The zero-order valence-corrected chi connectivity index (χ0v) is 22.1. The van der Waals surface area contributed by atoms with Gasteiger partial charge in [-0.3, -0.25) is 19.3 Å². The number of hydrazine groups is 1. The minimum atomic E-state index is -4.91. The van der Waals surface area contributed by atoms with Gasteiger partial charge in [0.2, 0.25) is 0 Å². The molecule has 9 nitrogen and oxygen atoms in total. The predicted molar refractivity (Wildman–Crippen MR) is 142 cm³/mol. The van der Waals surface area contributed by atoms with Crippen molar-refractivity contribution in [2.24, 2.45) is 12.8 Å². The van der Waals surface area contributed by atoms with Crippen molar-refractivity contribution in [1.29, 1.82) is 5.26 Å². The number of nitrogens with one attached hydrogen (secondary N) is 1. The highest BCUT2D eigenvalue weighted by atomic mass is 32.2. The van der Waals surface area contributed by atoms with Crippen LogP contribution in [0.4, 0.5) is 33.3 Å². The van der Waals surface area contributed by atoms with Crippen LogP contribution in [0.3, 0.4) is 0 Å². The number of benzene rings is 3. The lowest BCUT2D eigenvalue weighted by atomic mass is 9.97. The normalized spacial score (nSPS) is 14.0. The minimum absolute atomic E-state index is 0.0428. The summed E-state index contributed by atoms with van der Waals surface area (Å²) in [5.41, 5.74) is 10.2. The van der Waals surface area contributed by atoms with Crippen molar-refractivity contribution in [1.82, 2.24) is 9.78 Å². The van der Waals surface area contributed by atoms with Crippen LogP contribution in [0.15, 0.2) is 77.8 Å². The van der Waals surface area contributed by atoms with E-state index in [1.54, 1.807) is 30.3 Å². The minimum Gasteiger partial charge on any atom is -0.768 e. The topological polar surface area (TPSA) is 132 Å². The van der Waals surface area contributed by atoms with Gasteiger partial charge in [0.25, 0.3) is 0 Å². The van der Waals surface area contributed by atoms with Gasteiger partial charge in [0.05, 0.1) is 17.1 Å². The Morgan fingerprint density at radius 2 is 1.79 bits per heavy atom. The fourth-order valence-electron chi connectivity index (χ4n) is 4.58. The molecule has 1 atom stereocenters. The van der Waals surface area contributed by atoms with Gasteiger partial charge >= 0.3 is 12.3 Å². The molecule has 0 spiro atoms. The summed E-state index contributed by atoms with van der Waals surface area (Å²) in [7, 11) is 1.43. The first-order valence-corrected chi connectivity index (χ1v) is 13.0. The average molecular weight is 602 g/mol. The summed E-state index contributed by atoms with van der Waals surface area (Å²) in [4.78, 5) is 0.0428. The molecule has 42 heavy (non-hydrogen) atoms. The number of nitrogens with two attached hydrogens (primary N) is 1. The third-order valence-corrected chi connectivity index (χ3v) is 6.98. The Balaban J connectivity index is 1.69. The molecule has 216 valence electrons. The number of hydrogen-bond donors (Lipinski definition) is 2. The molecule has 1 unspecified atom stereocenters. The average Bonchev–Trinajstić information content (AvgIpc) is 3.30. The molecule has 5 rings (SSSR count). The van der Waals surface area contributed by atoms with E-state index in [0.29, 0.717) is 22.4 Å². The van der Waals surface area contributed by atoms with Gasteiger partial charge < -0.3 is 15.0 Å². The number of aromatic nitrogens is 2. The van der Waals surface area contributed by atoms with Crippen molar-refractivity contribution >= 4 is 28.2 Å². The van der Waals surface area contributed by atoms with Gasteiger partial charge in [0.1, 0.15) is 17.5 Å². The summed E-state index contributed by atoms with van der Waals surface area (Å²) in [6.45, 7) is 0. The molecule has 3 aromatic carbocycles. The van der Waals surface area contributed by atoms with E-state index >= 15 is 0 Å². The molecule has 15 heteroatoms. The number of fused-ring (bicyclic) bond motifs is 3. The van der Waals surface area contributed by atoms with Crippen molar-refractivity contribution < 1.29 is 35.5 Å². The van der Waals surface area contributed by atoms with E-state index in [0.717, 1.165) is 24.4 Å². The third-order valence-electron chi connectivity index (χ3n) is 6.34. The Hall–Kier alpha value is -4.94. The zero-order chi connectivity index (χ0) is 30.4. The summed E-state index contributed by atoms with van der Waals surface area (Å²) in [5.74, 6) is -4.46. The molecule has 3 N–H and O–H groups in total. The number of ether oxygens (including phenoxy) is 1. The quantitative estimate of drug-likeness (QED) is 0.215. The smallest absolute Gasteiger partial charge is 0.573 e. The summed E-state index contributed by atoms with van der Waals surface area (Å²) in [6.07, 6.45) is -3.79. The van der Waals surface area contributed by atoms with Gasteiger partial charge in [0, 0.05) is 29.3 Å². The third kappa shape index (κ3) is 5.24. The molecule has 0 fully saturated rings.